The molecule has 1 atom stereocenters. The molecule has 0 aromatic heterocycles. The minimum absolute atomic E-state index is 0.0737. The number of nitrogens with one attached hydrogen (secondary N) is 1. The molecular weight excluding hydrogens is 473 g/mol. The van der Waals surface area contributed by atoms with Crippen molar-refractivity contribution in [2.45, 2.75) is 18.2 Å². The number of amides is 1. The van der Waals surface area contributed by atoms with Gasteiger partial charge < -0.3 is 4.90 Å². The van der Waals surface area contributed by atoms with Gasteiger partial charge in [0.05, 0.1) is 12.6 Å². The Hall–Kier alpha value is -3.84. The Morgan fingerprint density at radius 1 is 1.00 bits per heavy atom. The molecule has 3 aromatic carbocycles. The predicted octanol–water partition coefficient (Wildman–Crippen LogP) is 5.50. The summed E-state index contributed by atoms with van der Waals surface area (Å²) < 4.78 is 25.8. The molecule has 1 unspecified atom stereocenters. The number of halogens is 1. The van der Waals surface area contributed by atoms with Crippen molar-refractivity contribution in [3.05, 3.63) is 100 Å². The maximum Gasteiger partial charge on any atom is 0.244 e. The predicted molar refractivity (Wildman–Crippen MR) is 147 cm³/mol. The number of allylic oxidation sites excluding steroid dienone is 2. The maximum absolute atomic E-state index is 14.1. The number of fused-ring (bicyclic) bond motifs is 1. The molecule has 184 valence electrons. The second kappa shape index (κ2) is 10.8. The van der Waals surface area contributed by atoms with Gasteiger partial charge in [-0.3, -0.25) is 9.00 Å². The van der Waals surface area contributed by atoms with Crippen molar-refractivity contribution >= 4 is 45.8 Å². The highest BCUT2D eigenvalue weighted by Gasteiger charge is 2.25. The van der Waals surface area contributed by atoms with Crippen LogP contribution in [0.1, 0.15) is 35.6 Å². The topological polar surface area (TPSA) is 61.8 Å². The average molecular weight is 502 g/mol. The van der Waals surface area contributed by atoms with Gasteiger partial charge in [0.15, 0.2) is 0 Å². The summed E-state index contributed by atoms with van der Waals surface area (Å²) in [5, 5.41) is 4.09. The largest absolute Gasteiger partial charge is 0.378 e. The van der Waals surface area contributed by atoms with Crippen LogP contribution in [0.4, 0.5) is 10.1 Å². The molecule has 36 heavy (non-hydrogen) atoms. The first-order valence-electron chi connectivity index (χ1n) is 11.5. The Kier molecular flexibility index (Phi) is 7.60. The summed E-state index contributed by atoms with van der Waals surface area (Å²) >= 11 is 0. The van der Waals surface area contributed by atoms with Gasteiger partial charge >= 0.3 is 0 Å². The van der Waals surface area contributed by atoms with Crippen LogP contribution in [0.15, 0.2) is 82.3 Å². The van der Waals surface area contributed by atoms with Gasteiger partial charge in [-0.15, -0.1) is 0 Å². The van der Waals surface area contributed by atoms with E-state index in [9.17, 15) is 13.4 Å². The second-order valence-corrected chi connectivity index (χ2v) is 10.2. The normalized spacial score (nSPS) is 14.9. The van der Waals surface area contributed by atoms with Crippen LogP contribution in [0, 0.1) is 5.82 Å². The van der Waals surface area contributed by atoms with Crippen LogP contribution in [-0.2, 0) is 15.6 Å². The minimum Gasteiger partial charge on any atom is -0.378 e. The molecule has 1 N–H and O–H groups in total. The van der Waals surface area contributed by atoms with E-state index in [2.05, 4.69) is 10.5 Å². The van der Waals surface area contributed by atoms with Crippen molar-refractivity contribution in [1.29, 1.82) is 0 Å². The highest BCUT2D eigenvalue weighted by Crippen LogP contribution is 2.43. The van der Waals surface area contributed by atoms with Gasteiger partial charge in [-0.2, -0.15) is 5.10 Å². The molecule has 0 bridgehead atoms. The van der Waals surface area contributed by atoms with Gasteiger partial charge in [0.1, 0.15) is 5.82 Å². The Bertz CT molecular complexity index is 1410. The lowest BCUT2D eigenvalue weighted by atomic mass is 10.0. The van der Waals surface area contributed by atoms with Crippen LogP contribution in [0.5, 0.6) is 0 Å². The summed E-state index contributed by atoms with van der Waals surface area (Å²) in [6.07, 6.45) is 5.32. The Balaban J connectivity index is 1.54. The lowest BCUT2D eigenvalue weighted by Crippen LogP contribution is -2.17. The molecule has 0 saturated carbocycles. The van der Waals surface area contributed by atoms with Gasteiger partial charge in [0.2, 0.25) is 5.91 Å². The molecule has 0 heterocycles. The molecule has 4 rings (SSSR count). The number of hydrogen-bond donors (Lipinski definition) is 1. The first-order valence-corrected chi connectivity index (χ1v) is 13.0. The van der Waals surface area contributed by atoms with Gasteiger partial charge in [0.25, 0.3) is 0 Å². The number of benzene rings is 3. The number of hydrogen-bond acceptors (Lipinski definition) is 4. The molecule has 0 radical (unpaired) electrons. The number of carbonyl (C=O) groups excluding carboxylic acids is 1. The van der Waals surface area contributed by atoms with E-state index in [1.807, 2.05) is 80.5 Å². The Morgan fingerprint density at radius 2 is 1.67 bits per heavy atom. The molecule has 5 nitrogen and oxygen atoms in total. The molecular formula is C29H28FN3O2S. The summed E-state index contributed by atoms with van der Waals surface area (Å²) in [5.74, 6) is -0.633. The number of anilines is 1. The molecule has 3 aromatic rings. The van der Waals surface area contributed by atoms with Crippen LogP contribution in [0.3, 0.4) is 0 Å². The molecule has 1 aliphatic carbocycles. The van der Waals surface area contributed by atoms with Crippen LogP contribution in [0.25, 0.3) is 17.2 Å². The van der Waals surface area contributed by atoms with Crippen molar-refractivity contribution < 1.29 is 13.4 Å². The molecule has 1 aliphatic rings. The monoisotopic (exact) mass is 501 g/mol. The lowest BCUT2D eigenvalue weighted by Gasteiger charge is -2.11. The second-order valence-electron chi connectivity index (χ2n) is 8.83. The fraction of sp³-hybridized carbons (Fsp3) is 0.172. The minimum atomic E-state index is -1.05. The summed E-state index contributed by atoms with van der Waals surface area (Å²) in [4.78, 5) is 15.5. The average Bonchev–Trinajstić information content (AvgIpc) is 3.09. The highest BCUT2D eigenvalue weighted by atomic mass is 32.2. The number of carbonyl (C=O) groups is 1. The number of nitrogens with zero attached hydrogens (tertiary/aromatic N) is 2. The summed E-state index contributed by atoms with van der Waals surface area (Å²) in [6.45, 7) is 1.94. The Morgan fingerprint density at radius 3 is 2.31 bits per heavy atom. The van der Waals surface area contributed by atoms with Crippen molar-refractivity contribution in [3.63, 3.8) is 0 Å². The first kappa shape index (κ1) is 25.3. The van der Waals surface area contributed by atoms with E-state index in [4.69, 9.17) is 0 Å². The van der Waals surface area contributed by atoms with Gasteiger partial charge in [-0.05, 0) is 88.4 Å². The third kappa shape index (κ3) is 5.69. The molecule has 0 aliphatic heterocycles. The van der Waals surface area contributed by atoms with E-state index in [1.165, 1.54) is 12.1 Å². The van der Waals surface area contributed by atoms with Crippen LogP contribution >= 0.6 is 0 Å². The van der Waals surface area contributed by atoms with Crippen LogP contribution in [0.2, 0.25) is 0 Å². The molecule has 0 saturated heterocycles. The van der Waals surface area contributed by atoms with Crippen molar-refractivity contribution in [2.24, 2.45) is 5.10 Å². The molecule has 0 fully saturated rings. The Labute approximate surface area is 213 Å². The van der Waals surface area contributed by atoms with Crippen LogP contribution < -0.4 is 10.3 Å². The van der Waals surface area contributed by atoms with Crippen molar-refractivity contribution in [3.8, 4) is 0 Å². The van der Waals surface area contributed by atoms with Crippen LogP contribution in [-0.4, -0.2) is 36.7 Å². The third-order valence-corrected chi connectivity index (χ3v) is 7.06. The number of hydrazone groups is 1. The van der Waals surface area contributed by atoms with E-state index >= 15 is 0 Å². The van der Waals surface area contributed by atoms with Gasteiger partial charge in [-0.1, -0.05) is 30.3 Å². The van der Waals surface area contributed by atoms with E-state index in [-0.39, 0.29) is 18.1 Å². The zero-order chi connectivity index (χ0) is 25.8. The van der Waals surface area contributed by atoms with Crippen molar-refractivity contribution in [2.75, 3.05) is 25.3 Å². The first-order chi connectivity index (χ1) is 17.2. The zero-order valence-electron chi connectivity index (χ0n) is 20.7. The van der Waals surface area contributed by atoms with E-state index < -0.39 is 10.8 Å². The van der Waals surface area contributed by atoms with Gasteiger partial charge in [0, 0.05) is 41.7 Å². The van der Waals surface area contributed by atoms with Crippen molar-refractivity contribution in [1.82, 2.24) is 5.43 Å². The summed E-state index contributed by atoms with van der Waals surface area (Å²) in [7, 11) is 2.89. The van der Waals surface area contributed by atoms with E-state index in [0.29, 0.717) is 5.56 Å². The fourth-order valence-electron chi connectivity index (χ4n) is 4.14. The fourth-order valence-corrected chi connectivity index (χ4v) is 4.66. The standard InChI is InChI=1S/C29H28FN3O2S/c1-19-26(15-20-7-12-24(13-8-20)36(4)35)25-14-9-22(30)16-28(25)27(19)17-29(34)32-31-18-21-5-10-23(11-6-21)33(2)3/h5-16,18H,17H2,1-4H3,(H,32,34)/b26-15-,31-18-. The summed E-state index contributed by atoms with van der Waals surface area (Å²) in [6, 6.07) is 19.9. The SMILES string of the molecule is CC1=C(CC(=O)N/N=C\c2ccc(N(C)C)cc2)c2cc(F)ccc2/C1=C\c1ccc(S(C)=O)cc1. The number of rotatable bonds is 7. The third-order valence-electron chi connectivity index (χ3n) is 6.13. The highest BCUT2D eigenvalue weighted by molar-refractivity contribution is 7.84. The quantitative estimate of drug-likeness (QED) is 0.344. The molecule has 0 spiro atoms. The lowest BCUT2D eigenvalue weighted by molar-refractivity contribution is -0.120. The molecule has 1 amide bonds. The molecule has 7 heteroatoms. The van der Waals surface area contributed by atoms with E-state index in [0.717, 1.165) is 44.0 Å². The maximum atomic E-state index is 14.1. The van der Waals surface area contributed by atoms with Gasteiger partial charge in [-0.25, -0.2) is 9.82 Å². The zero-order valence-corrected chi connectivity index (χ0v) is 21.5. The summed E-state index contributed by atoms with van der Waals surface area (Å²) in [5.41, 5.74) is 9.67. The van der Waals surface area contributed by atoms with E-state index in [1.54, 1.807) is 18.5 Å². The smallest absolute Gasteiger partial charge is 0.244 e.